The molecule has 0 aliphatic carbocycles. The fraction of sp³-hybridized carbons (Fsp3) is 0.176. The van der Waals surface area contributed by atoms with E-state index < -0.39 is 5.97 Å². The van der Waals surface area contributed by atoms with Crippen molar-refractivity contribution in [2.75, 3.05) is 11.9 Å². The standard InChI is InChI=1S/C17H16INO3/c1-12-6-8-13(9-7-12)10-17(21)22-11-16(20)19-15-5-3-2-4-14(15)18/h2-9H,10-11H2,1H3,(H,19,20). The number of amides is 1. The third kappa shape index (κ3) is 5.14. The lowest BCUT2D eigenvalue weighted by Gasteiger charge is -2.08. The Kier molecular flexibility index (Phi) is 5.94. The van der Waals surface area contributed by atoms with Gasteiger partial charge in [0.15, 0.2) is 6.61 Å². The van der Waals surface area contributed by atoms with E-state index in [1.54, 1.807) is 6.07 Å². The van der Waals surface area contributed by atoms with E-state index in [4.69, 9.17) is 4.74 Å². The average Bonchev–Trinajstić information content (AvgIpc) is 2.50. The molecule has 1 N–H and O–H groups in total. The van der Waals surface area contributed by atoms with E-state index in [1.165, 1.54) is 0 Å². The highest BCUT2D eigenvalue weighted by atomic mass is 127. The van der Waals surface area contributed by atoms with Gasteiger partial charge in [-0.3, -0.25) is 9.59 Å². The summed E-state index contributed by atoms with van der Waals surface area (Å²) in [5.74, 6) is -0.761. The number of carbonyl (C=O) groups excluding carboxylic acids is 2. The van der Waals surface area contributed by atoms with Gasteiger partial charge in [0.25, 0.3) is 5.91 Å². The maximum atomic E-state index is 11.8. The van der Waals surface area contributed by atoms with Crippen molar-refractivity contribution in [3.05, 3.63) is 63.2 Å². The third-order valence-corrected chi connectivity index (χ3v) is 3.92. The lowest BCUT2D eigenvalue weighted by molar-refractivity contribution is -0.146. The van der Waals surface area contributed by atoms with E-state index in [9.17, 15) is 9.59 Å². The van der Waals surface area contributed by atoms with Gasteiger partial charge in [0, 0.05) is 3.57 Å². The molecule has 0 spiro atoms. The van der Waals surface area contributed by atoms with Crippen LogP contribution in [0.4, 0.5) is 5.69 Å². The predicted molar refractivity (Wildman–Crippen MR) is 93.6 cm³/mol. The monoisotopic (exact) mass is 409 g/mol. The SMILES string of the molecule is Cc1ccc(CC(=O)OCC(=O)Nc2ccccc2I)cc1. The van der Waals surface area contributed by atoms with Gasteiger partial charge in [-0.2, -0.15) is 0 Å². The molecule has 2 aromatic rings. The first-order chi connectivity index (χ1) is 10.5. The third-order valence-electron chi connectivity index (χ3n) is 2.98. The molecule has 0 fully saturated rings. The summed E-state index contributed by atoms with van der Waals surface area (Å²) in [4.78, 5) is 23.5. The van der Waals surface area contributed by atoms with Crippen molar-refractivity contribution in [1.82, 2.24) is 0 Å². The van der Waals surface area contributed by atoms with Crippen LogP contribution >= 0.6 is 22.6 Å². The van der Waals surface area contributed by atoms with Gasteiger partial charge in [-0.1, -0.05) is 42.0 Å². The summed E-state index contributed by atoms with van der Waals surface area (Å²) < 4.78 is 5.93. The van der Waals surface area contributed by atoms with Gasteiger partial charge in [-0.25, -0.2) is 0 Å². The van der Waals surface area contributed by atoms with Crippen molar-refractivity contribution in [1.29, 1.82) is 0 Å². The zero-order valence-electron chi connectivity index (χ0n) is 12.1. The normalized spacial score (nSPS) is 10.1. The number of halogens is 1. The zero-order valence-corrected chi connectivity index (χ0v) is 14.3. The molecule has 22 heavy (non-hydrogen) atoms. The molecule has 0 saturated heterocycles. The molecule has 0 heterocycles. The van der Waals surface area contributed by atoms with Gasteiger partial charge in [-0.05, 0) is 47.2 Å². The molecule has 5 heteroatoms. The minimum Gasteiger partial charge on any atom is -0.455 e. The van der Waals surface area contributed by atoms with E-state index in [1.807, 2.05) is 49.4 Å². The van der Waals surface area contributed by atoms with Crippen LogP contribution in [0.5, 0.6) is 0 Å². The molecule has 0 aliphatic heterocycles. The molecule has 0 aliphatic rings. The number of benzene rings is 2. The van der Waals surface area contributed by atoms with Gasteiger partial charge in [-0.15, -0.1) is 0 Å². The molecule has 0 radical (unpaired) electrons. The van der Waals surface area contributed by atoms with Gasteiger partial charge < -0.3 is 10.1 Å². The minimum absolute atomic E-state index is 0.163. The molecule has 0 aromatic heterocycles. The molecule has 0 atom stereocenters. The van der Waals surface area contributed by atoms with Crippen molar-refractivity contribution in [3.8, 4) is 0 Å². The van der Waals surface area contributed by atoms with Crippen LogP contribution in [0.3, 0.4) is 0 Å². The second-order valence-electron chi connectivity index (χ2n) is 4.85. The minimum atomic E-state index is -0.415. The van der Waals surface area contributed by atoms with Gasteiger partial charge in [0.05, 0.1) is 12.1 Å². The van der Waals surface area contributed by atoms with Crippen molar-refractivity contribution in [2.24, 2.45) is 0 Å². The molecule has 2 aromatic carbocycles. The van der Waals surface area contributed by atoms with Crippen LogP contribution in [0.15, 0.2) is 48.5 Å². The van der Waals surface area contributed by atoms with E-state index in [-0.39, 0.29) is 18.9 Å². The summed E-state index contributed by atoms with van der Waals surface area (Å²) in [5.41, 5.74) is 2.71. The number of esters is 1. The number of anilines is 1. The molecular weight excluding hydrogens is 393 g/mol. The Morgan fingerprint density at radius 2 is 1.77 bits per heavy atom. The molecule has 0 unspecified atom stereocenters. The Morgan fingerprint density at radius 1 is 1.09 bits per heavy atom. The highest BCUT2D eigenvalue weighted by Gasteiger charge is 2.09. The molecule has 0 bridgehead atoms. The summed E-state index contributed by atoms with van der Waals surface area (Å²) in [5, 5.41) is 2.71. The molecular formula is C17H16INO3. The first-order valence-corrected chi connectivity index (χ1v) is 7.88. The largest absolute Gasteiger partial charge is 0.455 e. The summed E-state index contributed by atoms with van der Waals surface area (Å²) in [6, 6.07) is 15.0. The topological polar surface area (TPSA) is 55.4 Å². The quantitative estimate of drug-likeness (QED) is 0.609. The lowest BCUT2D eigenvalue weighted by Crippen LogP contribution is -2.22. The Balaban J connectivity index is 1.79. The number of rotatable bonds is 5. The van der Waals surface area contributed by atoms with Gasteiger partial charge in [0.2, 0.25) is 0 Å². The van der Waals surface area contributed by atoms with Crippen LogP contribution in [0.25, 0.3) is 0 Å². The van der Waals surface area contributed by atoms with Crippen LogP contribution < -0.4 is 5.32 Å². The predicted octanol–water partition coefficient (Wildman–Crippen LogP) is 3.32. The number of ether oxygens (including phenoxy) is 1. The molecule has 0 saturated carbocycles. The maximum absolute atomic E-state index is 11.8. The van der Waals surface area contributed by atoms with E-state index >= 15 is 0 Å². The first-order valence-electron chi connectivity index (χ1n) is 6.80. The smallest absolute Gasteiger partial charge is 0.310 e. The second kappa shape index (κ2) is 7.93. The van der Waals surface area contributed by atoms with Gasteiger partial charge in [0.1, 0.15) is 0 Å². The number of carbonyl (C=O) groups is 2. The van der Waals surface area contributed by atoms with Crippen molar-refractivity contribution < 1.29 is 14.3 Å². The number of hydrogen-bond acceptors (Lipinski definition) is 3. The summed E-state index contributed by atoms with van der Waals surface area (Å²) >= 11 is 2.13. The van der Waals surface area contributed by atoms with Crippen LogP contribution in [-0.4, -0.2) is 18.5 Å². The fourth-order valence-electron chi connectivity index (χ4n) is 1.82. The van der Waals surface area contributed by atoms with Crippen molar-refractivity contribution in [3.63, 3.8) is 0 Å². The Hall–Kier alpha value is -1.89. The van der Waals surface area contributed by atoms with Crippen LogP contribution in [0.1, 0.15) is 11.1 Å². The second-order valence-corrected chi connectivity index (χ2v) is 6.01. The van der Waals surface area contributed by atoms with Crippen LogP contribution in [-0.2, 0) is 20.7 Å². The fourth-order valence-corrected chi connectivity index (χ4v) is 2.34. The van der Waals surface area contributed by atoms with E-state index in [0.29, 0.717) is 5.69 Å². The Bertz CT molecular complexity index is 668. The summed E-state index contributed by atoms with van der Waals surface area (Å²) in [6.45, 7) is 1.70. The summed E-state index contributed by atoms with van der Waals surface area (Å²) in [7, 11) is 0. The van der Waals surface area contributed by atoms with Crippen molar-refractivity contribution >= 4 is 40.2 Å². The number of aryl methyl sites for hydroxylation is 1. The van der Waals surface area contributed by atoms with E-state index in [0.717, 1.165) is 14.7 Å². The first kappa shape index (κ1) is 16.5. The summed E-state index contributed by atoms with van der Waals surface area (Å²) in [6.07, 6.45) is 0.163. The van der Waals surface area contributed by atoms with E-state index in [2.05, 4.69) is 27.9 Å². The Labute approximate surface area is 143 Å². The van der Waals surface area contributed by atoms with Crippen LogP contribution in [0.2, 0.25) is 0 Å². The molecule has 1 amide bonds. The highest BCUT2D eigenvalue weighted by Crippen LogP contribution is 2.16. The lowest BCUT2D eigenvalue weighted by atomic mass is 10.1. The molecule has 2 rings (SSSR count). The Morgan fingerprint density at radius 3 is 2.45 bits per heavy atom. The molecule has 114 valence electrons. The van der Waals surface area contributed by atoms with Gasteiger partial charge >= 0.3 is 5.97 Å². The zero-order chi connectivity index (χ0) is 15.9. The molecule has 4 nitrogen and oxygen atoms in total. The number of nitrogens with one attached hydrogen (secondary N) is 1. The number of para-hydroxylation sites is 1. The average molecular weight is 409 g/mol. The number of hydrogen-bond donors (Lipinski definition) is 1. The highest BCUT2D eigenvalue weighted by molar-refractivity contribution is 14.1. The maximum Gasteiger partial charge on any atom is 0.310 e. The van der Waals surface area contributed by atoms with Crippen LogP contribution in [0, 0.1) is 10.5 Å². The van der Waals surface area contributed by atoms with Crippen molar-refractivity contribution in [2.45, 2.75) is 13.3 Å².